The van der Waals surface area contributed by atoms with Crippen molar-refractivity contribution in [3.8, 4) is 0 Å². The van der Waals surface area contributed by atoms with Gasteiger partial charge in [-0.25, -0.2) is 4.79 Å². The van der Waals surface area contributed by atoms with E-state index >= 15 is 0 Å². The van der Waals surface area contributed by atoms with E-state index in [1.54, 1.807) is 14.0 Å². The highest BCUT2D eigenvalue weighted by atomic mass is 16.5. The van der Waals surface area contributed by atoms with Crippen molar-refractivity contribution in [1.82, 2.24) is 14.7 Å². The van der Waals surface area contributed by atoms with E-state index in [0.29, 0.717) is 37.3 Å². The summed E-state index contributed by atoms with van der Waals surface area (Å²) in [6.45, 7) is 3.04. The lowest BCUT2D eigenvalue weighted by Gasteiger charge is -2.29. The summed E-state index contributed by atoms with van der Waals surface area (Å²) in [5.74, 6) is -0.771. The van der Waals surface area contributed by atoms with E-state index in [9.17, 15) is 14.4 Å². The molecular weight excluding hydrogens is 372 g/mol. The number of aryl methyl sites for hydroxylation is 2. The molecule has 1 aromatic heterocycles. The van der Waals surface area contributed by atoms with E-state index in [-0.39, 0.29) is 23.9 Å². The Balaban J connectivity index is 1.51. The minimum absolute atomic E-state index is 0.0557. The first-order valence-electron chi connectivity index (χ1n) is 9.67. The number of ether oxygens (including phenoxy) is 1. The van der Waals surface area contributed by atoms with Crippen LogP contribution in [0.3, 0.4) is 0 Å². The van der Waals surface area contributed by atoms with Crippen LogP contribution in [0.15, 0.2) is 24.3 Å². The highest BCUT2D eigenvalue weighted by molar-refractivity contribution is 6.00. The summed E-state index contributed by atoms with van der Waals surface area (Å²) in [4.78, 5) is 38.6. The number of carbonyl (C=O) groups excluding carboxylic acids is 3. The fourth-order valence-electron chi connectivity index (χ4n) is 3.61. The molecule has 1 aliphatic heterocycles. The standard InChI is InChI=1S/C21H26N4O4/c1-14-19(20(21(28)29-3)24(2)23-14)22-17(26)9-6-10-18(27)25-12-11-15-7-4-5-8-16(15)13-25/h4-5,7-8H,6,9-13H2,1-3H3,(H,22,26). The summed E-state index contributed by atoms with van der Waals surface area (Å²) in [5.41, 5.74) is 3.56. The van der Waals surface area contributed by atoms with Crippen LogP contribution < -0.4 is 5.32 Å². The summed E-state index contributed by atoms with van der Waals surface area (Å²) in [6, 6.07) is 8.16. The van der Waals surface area contributed by atoms with Crippen LogP contribution in [0.2, 0.25) is 0 Å². The van der Waals surface area contributed by atoms with Crippen molar-refractivity contribution in [3.63, 3.8) is 0 Å². The van der Waals surface area contributed by atoms with Crippen molar-refractivity contribution in [3.05, 3.63) is 46.8 Å². The molecule has 0 spiro atoms. The number of aromatic nitrogens is 2. The molecule has 0 fully saturated rings. The Morgan fingerprint density at radius 1 is 1.17 bits per heavy atom. The third kappa shape index (κ3) is 4.64. The monoisotopic (exact) mass is 398 g/mol. The van der Waals surface area contributed by atoms with Crippen molar-refractivity contribution in [2.75, 3.05) is 19.0 Å². The van der Waals surface area contributed by atoms with Crippen LogP contribution in [-0.2, 0) is 34.3 Å². The Bertz CT molecular complexity index is 935. The molecule has 2 heterocycles. The summed E-state index contributed by atoms with van der Waals surface area (Å²) >= 11 is 0. The molecule has 0 aliphatic carbocycles. The van der Waals surface area contributed by atoms with Gasteiger partial charge >= 0.3 is 5.97 Å². The number of nitrogens with one attached hydrogen (secondary N) is 1. The molecule has 2 aromatic rings. The summed E-state index contributed by atoms with van der Waals surface area (Å²) < 4.78 is 6.14. The van der Waals surface area contributed by atoms with Crippen LogP contribution in [0, 0.1) is 6.92 Å². The Kier molecular flexibility index (Phi) is 6.31. The Morgan fingerprint density at radius 2 is 1.90 bits per heavy atom. The number of esters is 1. The minimum Gasteiger partial charge on any atom is -0.464 e. The third-order valence-electron chi connectivity index (χ3n) is 5.14. The van der Waals surface area contributed by atoms with Gasteiger partial charge in [-0.05, 0) is 30.9 Å². The molecule has 0 saturated carbocycles. The Morgan fingerprint density at radius 3 is 2.62 bits per heavy atom. The molecule has 1 aliphatic rings. The van der Waals surface area contributed by atoms with E-state index in [1.165, 1.54) is 22.9 Å². The molecule has 0 radical (unpaired) electrons. The lowest BCUT2D eigenvalue weighted by Crippen LogP contribution is -2.35. The van der Waals surface area contributed by atoms with Crippen LogP contribution in [0.25, 0.3) is 0 Å². The van der Waals surface area contributed by atoms with Crippen LogP contribution in [0.4, 0.5) is 5.69 Å². The summed E-state index contributed by atoms with van der Waals surface area (Å²) in [7, 11) is 2.89. The lowest BCUT2D eigenvalue weighted by atomic mass is 9.99. The van der Waals surface area contributed by atoms with Crippen LogP contribution in [-0.4, -0.2) is 46.1 Å². The van der Waals surface area contributed by atoms with Gasteiger partial charge in [0, 0.05) is 33.0 Å². The number of benzene rings is 1. The van der Waals surface area contributed by atoms with Gasteiger partial charge in [0.25, 0.3) is 0 Å². The normalized spacial score (nSPS) is 13.0. The zero-order chi connectivity index (χ0) is 21.0. The van der Waals surface area contributed by atoms with Crippen molar-refractivity contribution in [2.45, 2.75) is 39.2 Å². The van der Waals surface area contributed by atoms with Gasteiger partial charge < -0.3 is 15.0 Å². The SMILES string of the molecule is COC(=O)c1c(NC(=O)CCCC(=O)N2CCc3ccccc3C2)c(C)nn1C. The largest absolute Gasteiger partial charge is 0.464 e. The zero-order valence-corrected chi connectivity index (χ0v) is 17.0. The molecule has 0 unspecified atom stereocenters. The van der Waals surface area contributed by atoms with Gasteiger partial charge in [0.1, 0.15) is 0 Å². The smallest absolute Gasteiger partial charge is 0.358 e. The van der Waals surface area contributed by atoms with Crippen molar-refractivity contribution in [1.29, 1.82) is 0 Å². The van der Waals surface area contributed by atoms with Crippen molar-refractivity contribution in [2.24, 2.45) is 7.05 Å². The average Bonchev–Trinajstić information content (AvgIpc) is 2.99. The number of hydrogen-bond donors (Lipinski definition) is 1. The number of amides is 2. The van der Waals surface area contributed by atoms with Gasteiger partial charge in [-0.3, -0.25) is 14.3 Å². The average molecular weight is 398 g/mol. The van der Waals surface area contributed by atoms with Gasteiger partial charge in [-0.2, -0.15) is 5.10 Å². The molecule has 3 rings (SSSR count). The number of carbonyl (C=O) groups is 3. The minimum atomic E-state index is -0.566. The predicted octanol–water partition coefficient (Wildman–Crippen LogP) is 2.21. The fraction of sp³-hybridized carbons (Fsp3) is 0.429. The van der Waals surface area contributed by atoms with Crippen LogP contribution in [0.1, 0.15) is 46.6 Å². The van der Waals surface area contributed by atoms with Crippen LogP contribution >= 0.6 is 0 Å². The highest BCUT2D eigenvalue weighted by Crippen LogP contribution is 2.22. The zero-order valence-electron chi connectivity index (χ0n) is 17.0. The molecule has 0 bridgehead atoms. The van der Waals surface area contributed by atoms with Crippen molar-refractivity contribution >= 4 is 23.5 Å². The van der Waals surface area contributed by atoms with E-state index < -0.39 is 5.97 Å². The number of nitrogens with zero attached hydrogens (tertiary/aromatic N) is 3. The molecule has 8 heteroatoms. The number of fused-ring (bicyclic) bond motifs is 1. The summed E-state index contributed by atoms with van der Waals surface area (Å²) in [6.07, 6.45) is 1.80. The van der Waals surface area contributed by atoms with Crippen LogP contribution in [0.5, 0.6) is 0 Å². The molecule has 0 saturated heterocycles. The Hall–Kier alpha value is -3.16. The maximum atomic E-state index is 12.5. The van der Waals surface area contributed by atoms with Gasteiger partial charge in [-0.15, -0.1) is 0 Å². The summed E-state index contributed by atoms with van der Waals surface area (Å²) in [5, 5.41) is 6.89. The number of hydrogen-bond acceptors (Lipinski definition) is 5. The third-order valence-corrected chi connectivity index (χ3v) is 5.14. The van der Waals surface area contributed by atoms with E-state index in [4.69, 9.17) is 4.74 Å². The van der Waals surface area contributed by atoms with Gasteiger partial charge in [-0.1, -0.05) is 24.3 Å². The van der Waals surface area contributed by atoms with E-state index in [1.807, 2.05) is 17.0 Å². The topological polar surface area (TPSA) is 93.5 Å². The maximum Gasteiger partial charge on any atom is 0.358 e. The second-order valence-electron chi connectivity index (χ2n) is 7.16. The first kappa shape index (κ1) is 20.6. The molecule has 8 nitrogen and oxygen atoms in total. The lowest BCUT2D eigenvalue weighted by molar-refractivity contribution is -0.132. The van der Waals surface area contributed by atoms with Gasteiger partial charge in [0.05, 0.1) is 18.5 Å². The Labute approximate surface area is 169 Å². The number of methoxy groups -OCH3 is 1. The molecule has 154 valence electrons. The highest BCUT2D eigenvalue weighted by Gasteiger charge is 2.23. The quantitative estimate of drug-likeness (QED) is 0.753. The molecular formula is C21H26N4O4. The fourth-order valence-corrected chi connectivity index (χ4v) is 3.61. The number of anilines is 1. The van der Waals surface area contributed by atoms with E-state index in [2.05, 4.69) is 22.5 Å². The van der Waals surface area contributed by atoms with Gasteiger partial charge in [0.15, 0.2) is 5.69 Å². The molecule has 0 atom stereocenters. The maximum absolute atomic E-state index is 12.5. The molecule has 1 N–H and O–H groups in total. The second kappa shape index (κ2) is 8.89. The molecule has 29 heavy (non-hydrogen) atoms. The molecule has 1 aromatic carbocycles. The first-order valence-corrected chi connectivity index (χ1v) is 9.67. The first-order chi connectivity index (χ1) is 13.9. The van der Waals surface area contributed by atoms with Gasteiger partial charge in [0.2, 0.25) is 11.8 Å². The molecule has 2 amide bonds. The number of rotatable bonds is 6. The van der Waals surface area contributed by atoms with E-state index in [0.717, 1.165) is 6.42 Å². The van der Waals surface area contributed by atoms with Crippen molar-refractivity contribution < 1.29 is 19.1 Å². The second-order valence-corrected chi connectivity index (χ2v) is 7.16. The predicted molar refractivity (Wildman–Crippen MR) is 107 cm³/mol.